The molecule has 1 N–H and O–H groups in total. The lowest BCUT2D eigenvalue weighted by molar-refractivity contribution is -0.297. The van der Waals surface area contributed by atoms with Gasteiger partial charge in [0.15, 0.2) is 5.78 Å². The van der Waals surface area contributed by atoms with Gasteiger partial charge in [-0.1, -0.05) is 0 Å². The molecule has 1 fully saturated rings. The number of ketones is 2. The highest BCUT2D eigenvalue weighted by molar-refractivity contribution is 5.83. The Hall–Kier alpha value is -0.820. The summed E-state index contributed by atoms with van der Waals surface area (Å²) in [6.07, 6.45) is 0.0995. The first kappa shape index (κ1) is 15.2. The summed E-state index contributed by atoms with van der Waals surface area (Å²) < 4.78 is 15.9. The second-order valence-electron chi connectivity index (χ2n) is 4.84. The maximum atomic E-state index is 11.5. The molecular weight excluding hydrogens is 240 g/mol. The largest absolute Gasteiger partial charge is 0.361 e. The zero-order valence-corrected chi connectivity index (χ0v) is 11.4. The Morgan fingerprint density at radius 3 is 2.17 bits per heavy atom. The molecule has 0 unspecified atom stereocenters. The minimum absolute atomic E-state index is 0.00442. The minimum atomic E-state index is -1.84. The van der Waals surface area contributed by atoms with E-state index in [4.69, 9.17) is 14.2 Å². The summed E-state index contributed by atoms with van der Waals surface area (Å²) in [7, 11) is 1.34. The summed E-state index contributed by atoms with van der Waals surface area (Å²) in [5, 5.41) is 10.5. The van der Waals surface area contributed by atoms with Crippen molar-refractivity contribution in [3.63, 3.8) is 0 Å². The highest BCUT2D eigenvalue weighted by Gasteiger charge is 2.64. The van der Waals surface area contributed by atoms with Crippen molar-refractivity contribution in [2.24, 2.45) is 0 Å². The Bertz CT molecular complexity index is 368. The third-order valence-corrected chi connectivity index (χ3v) is 3.31. The molecule has 0 aromatic heterocycles. The van der Waals surface area contributed by atoms with Crippen LogP contribution >= 0.6 is 0 Å². The van der Waals surface area contributed by atoms with Gasteiger partial charge in [0.25, 0.3) is 0 Å². The van der Waals surface area contributed by atoms with Crippen molar-refractivity contribution in [1.82, 2.24) is 0 Å². The fraction of sp³-hybridized carbons (Fsp3) is 0.833. The molecule has 104 valence electrons. The van der Waals surface area contributed by atoms with E-state index in [0.29, 0.717) is 0 Å². The number of Topliss-reactive ketones (excluding diaryl/α,β-unsaturated/α-hetero) is 2. The van der Waals surface area contributed by atoms with Gasteiger partial charge in [-0.2, -0.15) is 0 Å². The fourth-order valence-corrected chi connectivity index (χ4v) is 1.86. The number of rotatable bonds is 5. The molecule has 0 spiro atoms. The standard InChI is InChI=1S/C12H20O6/c1-8(13)6-7-12(15)11(4,16-5)17-10(3,18-12)9(2)14/h15H,6-7H2,1-5H3/t10-,11+,12+/m0/s1. The van der Waals surface area contributed by atoms with Gasteiger partial charge >= 0.3 is 0 Å². The fourth-order valence-electron chi connectivity index (χ4n) is 1.86. The van der Waals surface area contributed by atoms with Crippen LogP contribution in [0.1, 0.15) is 40.5 Å². The molecule has 0 saturated carbocycles. The summed E-state index contributed by atoms with van der Waals surface area (Å²) in [5.41, 5.74) is 0. The number of carbonyl (C=O) groups is 2. The van der Waals surface area contributed by atoms with Crippen LogP contribution in [0.25, 0.3) is 0 Å². The van der Waals surface area contributed by atoms with Gasteiger partial charge in [0.2, 0.25) is 17.4 Å². The SMILES string of the molecule is CO[C@]1(C)O[C@](C)(C(C)=O)O[C@]1(O)CCC(C)=O. The lowest BCUT2D eigenvalue weighted by Crippen LogP contribution is -2.51. The third-order valence-electron chi connectivity index (χ3n) is 3.31. The molecule has 1 rings (SSSR count). The number of ether oxygens (including phenoxy) is 3. The molecule has 1 saturated heterocycles. The van der Waals surface area contributed by atoms with Crippen molar-refractivity contribution in [2.45, 2.75) is 57.9 Å². The maximum Gasteiger partial charge on any atom is 0.231 e. The smallest absolute Gasteiger partial charge is 0.231 e. The van der Waals surface area contributed by atoms with Gasteiger partial charge in [-0.15, -0.1) is 0 Å². The van der Waals surface area contributed by atoms with Crippen LogP contribution in [-0.2, 0) is 23.8 Å². The molecule has 18 heavy (non-hydrogen) atoms. The summed E-state index contributed by atoms with van der Waals surface area (Å²) in [6.45, 7) is 5.60. The molecule has 1 aliphatic heterocycles. The summed E-state index contributed by atoms with van der Waals surface area (Å²) >= 11 is 0. The average Bonchev–Trinajstić information content (AvgIpc) is 2.46. The molecule has 1 heterocycles. The molecule has 6 heteroatoms. The molecule has 6 nitrogen and oxygen atoms in total. The van der Waals surface area contributed by atoms with Gasteiger partial charge in [-0.3, -0.25) is 4.79 Å². The zero-order chi connectivity index (χ0) is 14.2. The van der Waals surface area contributed by atoms with Crippen molar-refractivity contribution in [1.29, 1.82) is 0 Å². The van der Waals surface area contributed by atoms with Crippen LogP contribution in [0, 0.1) is 0 Å². The van der Waals surface area contributed by atoms with E-state index in [0.717, 1.165) is 0 Å². The lowest BCUT2D eigenvalue weighted by Gasteiger charge is -2.33. The van der Waals surface area contributed by atoms with Crippen LogP contribution < -0.4 is 0 Å². The van der Waals surface area contributed by atoms with Crippen LogP contribution in [0.2, 0.25) is 0 Å². The van der Waals surface area contributed by atoms with Crippen LogP contribution in [0.4, 0.5) is 0 Å². The van der Waals surface area contributed by atoms with Gasteiger partial charge in [-0.05, 0) is 20.8 Å². The van der Waals surface area contributed by atoms with Gasteiger partial charge in [0.1, 0.15) is 5.78 Å². The lowest BCUT2D eigenvalue weighted by atomic mass is 10.0. The van der Waals surface area contributed by atoms with Crippen LogP contribution in [0.15, 0.2) is 0 Å². The normalized spacial score (nSPS) is 39.9. The van der Waals surface area contributed by atoms with Crippen molar-refractivity contribution in [3.05, 3.63) is 0 Å². The van der Waals surface area contributed by atoms with E-state index in [9.17, 15) is 14.7 Å². The van der Waals surface area contributed by atoms with Gasteiger partial charge in [0.05, 0.1) is 0 Å². The maximum absolute atomic E-state index is 11.5. The molecule has 0 amide bonds. The molecule has 0 bridgehead atoms. The minimum Gasteiger partial charge on any atom is -0.361 e. The van der Waals surface area contributed by atoms with Crippen molar-refractivity contribution < 1.29 is 28.9 Å². The Morgan fingerprint density at radius 1 is 1.22 bits per heavy atom. The quantitative estimate of drug-likeness (QED) is 0.785. The van der Waals surface area contributed by atoms with Gasteiger partial charge in [-0.25, -0.2) is 0 Å². The average molecular weight is 260 g/mol. The predicted octanol–water partition coefficient (Wildman–Crippen LogP) is 0.759. The van der Waals surface area contributed by atoms with Crippen LogP contribution in [0.5, 0.6) is 0 Å². The monoisotopic (exact) mass is 260 g/mol. The Kier molecular flexibility index (Phi) is 3.97. The summed E-state index contributed by atoms with van der Waals surface area (Å²) in [4.78, 5) is 22.5. The number of hydrogen-bond donors (Lipinski definition) is 1. The number of carbonyl (C=O) groups excluding carboxylic acids is 2. The number of methoxy groups -OCH3 is 1. The zero-order valence-electron chi connectivity index (χ0n) is 11.4. The molecular formula is C12H20O6. The highest BCUT2D eigenvalue weighted by atomic mass is 16.9. The Labute approximate surface area is 106 Å². The molecule has 0 aliphatic carbocycles. The molecule has 0 radical (unpaired) electrons. The second kappa shape index (κ2) is 4.70. The van der Waals surface area contributed by atoms with E-state index >= 15 is 0 Å². The molecule has 3 atom stereocenters. The van der Waals surface area contributed by atoms with Crippen molar-refractivity contribution in [3.8, 4) is 0 Å². The first-order chi connectivity index (χ1) is 8.08. The van der Waals surface area contributed by atoms with Crippen LogP contribution in [0.3, 0.4) is 0 Å². The van der Waals surface area contributed by atoms with E-state index < -0.39 is 17.4 Å². The van der Waals surface area contributed by atoms with Crippen molar-refractivity contribution in [2.75, 3.05) is 7.11 Å². The van der Waals surface area contributed by atoms with Crippen molar-refractivity contribution >= 4 is 11.6 Å². The molecule has 0 aromatic carbocycles. The van der Waals surface area contributed by atoms with Crippen LogP contribution in [-0.4, -0.2) is 41.1 Å². The van der Waals surface area contributed by atoms with Gasteiger partial charge < -0.3 is 24.1 Å². The topological polar surface area (TPSA) is 82.1 Å². The second-order valence-corrected chi connectivity index (χ2v) is 4.84. The van der Waals surface area contributed by atoms with E-state index in [2.05, 4.69) is 0 Å². The Balaban J connectivity index is 3.01. The predicted molar refractivity (Wildman–Crippen MR) is 61.5 cm³/mol. The number of hydrogen-bond acceptors (Lipinski definition) is 6. The first-order valence-corrected chi connectivity index (χ1v) is 5.77. The summed E-state index contributed by atoms with van der Waals surface area (Å²) in [5.74, 6) is -5.39. The summed E-state index contributed by atoms with van der Waals surface area (Å²) in [6, 6.07) is 0. The third kappa shape index (κ3) is 2.47. The van der Waals surface area contributed by atoms with E-state index in [1.54, 1.807) is 0 Å². The van der Waals surface area contributed by atoms with E-state index in [1.807, 2.05) is 0 Å². The van der Waals surface area contributed by atoms with Gasteiger partial charge in [0, 0.05) is 26.9 Å². The highest BCUT2D eigenvalue weighted by Crippen LogP contribution is 2.46. The van der Waals surface area contributed by atoms with E-state index in [1.165, 1.54) is 34.8 Å². The molecule has 0 aromatic rings. The first-order valence-electron chi connectivity index (χ1n) is 5.77. The van der Waals surface area contributed by atoms with E-state index in [-0.39, 0.29) is 24.4 Å². The number of aliphatic hydroxyl groups is 1. The Morgan fingerprint density at radius 2 is 1.78 bits per heavy atom. The molecule has 1 aliphatic rings.